The first kappa shape index (κ1) is 31.3. The van der Waals surface area contributed by atoms with Crippen molar-refractivity contribution in [1.82, 2.24) is 0 Å². The third-order valence-corrected chi connectivity index (χ3v) is 5.44. The minimum atomic E-state index is -2.39. The predicted molar refractivity (Wildman–Crippen MR) is 116 cm³/mol. The minimum Gasteiger partial charge on any atom is -0.456 e. The van der Waals surface area contributed by atoms with E-state index in [4.69, 9.17) is 37.9 Å². The van der Waals surface area contributed by atoms with E-state index in [2.05, 4.69) is 0 Å². The van der Waals surface area contributed by atoms with Gasteiger partial charge in [0, 0.05) is 34.6 Å². The standard InChI is InChI=1S/C22H32O16/c1-9(26)31-16-14(6-23)36-21(19(34-12(4)29)18(16)33-11(3)28)38-22(8-25)20(35-13(5)30)17(32-10(2)27)15(7-24)37-22/h14-21,23-25H,6-8H2,1-5H3/t14-,15+,16-,17-,18+,19-,20-,21+,22-/m0/s1. The zero-order chi connectivity index (χ0) is 28.8. The maximum Gasteiger partial charge on any atom is 0.303 e. The minimum absolute atomic E-state index is 0.774. The van der Waals surface area contributed by atoms with Gasteiger partial charge in [-0.1, -0.05) is 0 Å². The topological polar surface area (TPSA) is 220 Å². The Hall–Kier alpha value is -2.89. The highest BCUT2D eigenvalue weighted by molar-refractivity contribution is 5.69. The second-order valence-corrected chi connectivity index (χ2v) is 8.48. The third-order valence-electron chi connectivity index (χ3n) is 5.44. The number of hydrogen-bond acceptors (Lipinski definition) is 16. The van der Waals surface area contributed by atoms with Gasteiger partial charge in [-0.2, -0.15) is 0 Å². The molecule has 2 aliphatic rings. The van der Waals surface area contributed by atoms with Gasteiger partial charge in [0.1, 0.15) is 18.8 Å². The van der Waals surface area contributed by atoms with Crippen LogP contribution in [0.3, 0.4) is 0 Å². The van der Waals surface area contributed by atoms with Crippen molar-refractivity contribution in [2.24, 2.45) is 0 Å². The van der Waals surface area contributed by atoms with Gasteiger partial charge in [0.15, 0.2) is 30.5 Å². The molecule has 2 fully saturated rings. The second kappa shape index (κ2) is 13.3. The molecule has 0 amide bonds. The van der Waals surface area contributed by atoms with Crippen molar-refractivity contribution in [2.45, 2.75) is 89.4 Å². The monoisotopic (exact) mass is 552 g/mol. The lowest BCUT2D eigenvalue weighted by Gasteiger charge is -2.46. The van der Waals surface area contributed by atoms with E-state index in [9.17, 15) is 39.3 Å². The summed E-state index contributed by atoms with van der Waals surface area (Å²) in [6.45, 7) is 2.48. The van der Waals surface area contributed by atoms with E-state index >= 15 is 0 Å². The van der Waals surface area contributed by atoms with Crippen molar-refractivity contribution in [3.63, 3.8) is 0 Å². The number of carbonyl (C=O) groups is 5. The van der Waals surface area contributed by atoms with Gasteiger partial charge < -0.3 is 53.2 Å². The summed E-state index contributed by atoms with van der Waals surface area (Å²) in [7, 11) is 0. The Morgan fingerprint density at radius 1 is 0.632 bits per heavy atom. The van der Waals surface area contributed by atoms with Crippen LogP contribution in [-0.2, 0) is 61.9 Å². The first-order valence-electron chi connectivity index (χ1n) is 11.5. The molecule has 2 rings (SSSR count). The Bertz CT molecular complexity index is 891. The number of carbonyl (C=O) groups excluding carboxylic acids is 5. The van der Waals surface area contributed by atoms with Crippen LogP contribution in [0.4, 0.5) is 0 Å². The Morgan fingerprint density at radius 3 is 1.53 bits per heavy atom. The van der Waals surface area contributed by atoms with Crippen LogP contribution in [0.15, 0.2) is 0 Å². The first-order valence-corrected chi connectivity index (χ1v) is 11.5. The van der Waals surface area contributed by atoms with E-state index in [0.717, 1.165) is 34.6 Å². The fourth-order valence-electron chi connectivity index (χ4n) is 4.19. The average molecular weight is 552 g/mol. The molecule has 0 saturated carbocycles. The highest BCUT2D eigenvalue weighted by Gasteiger charge is 2.63. The van der Waals surface area contributed by atoms with Gasteiger partial charge in [-0.3, -0.25) is 24.0 Å². The molecule has 0 spiro atoms. The van der Waals surface area contributed by atoms with E-state index in [1.165, 1.54) is 0 Å². The Morgan fingerprint density at radius 2 is 1.08 bits per heavy atom. The zero-order valence-electron chi connectivity index (χ0n) is 21.4. The molecule has 0 aromatic rings. The predicted octanol–water partition coefficient (Wildman–Crippen LogP) is -2.54. The lowest BCUT2D eigenvalue weighted by atomic mass is 9.97. The molecule has 3 N–H and O–H groups in total. The second-order valence-electron chi connectivity index (χ2n) is 8.48. The highest BCUT2D eigenvalue weighted by Crippen LogP contribution is 2.40. The molecule has 216 valence electrons. The summed E-state index contributed by atoms with van der Waals surface area (Å²) in [4.78, 5) is 59.2. The molecule has 0 aromatic heterocycles. The summed E-state index contributed by atoms with van der Waals surface area (Å²) in [5.41, 5.74) is 0. The number of esters is 5. The number of rotatable bonds is 10. The molecule has 2 aliphatic heterocycles. The van der Waals surface area contributed by atoms with E-state index < -0.39 is 104 Å². The molecule has 0 bridgehead atoms. The van der Waals surface area contributed by atoms with Crippen molar-refractivity contribution in [3.8, 4) is 0 Å². The van der Waals surface area contributed by atoms with E-state index in [0.29, 0.717) is 0 Å². The molecule has 38 heavy (non-hydrogen) atoms. The molecule has 0 aromatic carbocycles. The number of aliphatic hydroxyl groups is 3. The zero-order valence-corrected chi connectivity index (χ0v) is 21.4. The summed E-state index contributed by atoms with van der Waals surface area (Å²) in [6.07, 6.45) is -12.5. The van der Waals surface area contributed by atoms with E-state index in [1.54, 1.807) is 0 Å². The molecule has 0 aliphatic carbocycles. The fraction of sp³-hybridized carbons (Fsp3) is 0.773. The molecule has 16 heteroatoms. The van der Waals surface area contributed by atoms with Crippen molar-refractivity contribution in [1.29, 1.82) is 0 Å². The Labute approximate surface area is 216 Å². The molecule has 0 unspecified atom stereocenters. The summed E-state index contributed by atoms with van der Waals surface area (Å²) >= 11 is 0. The quantitative estimate of drug-likeness (QED) is 0.188. The van der Waals surface area contributed by atoms with Gasteiger partial charge in [-0.15, -0.1) is 0 Å². The maximum atomic E-state index is 12.0. The lowest BCUT2D eigenvalue weighted by molar-refractivity contribution is -0.384. The number of aliphatic hydroxyl groups excluding tert-OH is 3. The van der Waals surface area contributed by atoms with Crippen LogP contribution in [0.25, 0.3) is 0 Å². The van der Waals surface area contributed by atoms with Crippen LogP contribution in [0.5, 0.6) is 0 Å². The van der Waals surface area contributed by atoms with E-state index in [-0.39, 0.29) is 0 Å². The van der Waals surface area contributed by atoms with Crippen LogP contribution in [0, 0.1) is 0 Å². The molecule has 16 nitrogen and oxygen atoms in total. The summed E-state index contributed by atoms with van der Waals surface area (Å²) in [5.74, 6) is -6.78. The van der Waals surface area contributed by atoms with Crippen molar-refractivity contribution < 1.29 is 77.2 Å². The third kappa shape index (κ3) is 7.36. The molecular weight excluding hydrogens is 520 g/mol. The van der Waals surface area contributed by atoms with Crippen LogP contribution >= 0.6 is 0 Å². The number of ether oxygens (including phenoxy) is 8. The average Bonchev–Trinajstić information content (AvgIpc) is 3.08. The Balaban J connectivity index is 2.58. The summed E-state index contributed by atoms with van der Waals surface area (Å²) < 4.78 is 43.3. The maximum absolute atomic E-state index is 12.0. The van der Waals surface area contributed by atoms with Gasteiger partial charge in [-0.05, 0) is 0 Å². The SMILES string of the molecule is CC(=O)O[C@H]1[C@H](OC(C)=O)[C@@H](O[C@]2(CO)O[C@H](CO)[C@H](OC(C)=O)[C@@H]2OC(C)=O)O[C@@H](CO)[C@@H]1OC(C)=O. The molecular formula is C22H32O16. The molecule has 2 saturated heterocycles. The molecule has 0 radical (unpaired) electrons. The van der Waals surface area contributed by atoms with E-state index in [1.807, 2.05) is 0 Å². The normalized spacial score (nSPS) is 34.6. The van der Waals surface area contributed by atoms with Gasteiger partial charge in [0.05, 0.1) is 13.2 Å². The summed E-state index contributed by atoms with van der Waals surface area (Å²) in [5, 5.41) is 30.1. The van der Waals surface area contributed by atoms with Crippen LogP contribution < -0.4 is 0 Å². The molecule has 2 heterocycles. The number of hydrogen-bond donors (Lipinski definition) is 3. The van der Waals surface area contributed by atoms with Crippen LogP contribution in [0.2, 0.25) is 0 Å². The fourth-order valence-corrected chi connectivity index (χ4v) is 4.19. The summed E-state index contributed by atoms with van der Waals surface area (Å²) in [6, 6.07) is 0. The molecule has 9 atom stereocenters. The van der Waals surface area contributed by atoms with Gasteiger partial charge in [0.2, 0.25) is 12.1 Å². The Kier molecular flexibility index (Phi) is 10.9. The van der Waals surface area contributed by atoms with Gasteiger partial charge in [0.25, 0.3) is 0 Å². The smallest absolute Gasteiger partial charge is 0.303 e. The lowest BCUT2D eigenvalue weighted by Crippen LogP contribution is -2.65. The highest BCUT2D eigenvalue weighted by atomic mass is 16.8. The van der Waals surface area contributed by atoms with Gasteiger partial charge >= 0.3 is 29.8 Å². The van der Waals surface area contributed by atoms with Crippen LogP contribution in [0.1, 0.15) is 34.6 Å². The van der Waals surface area contributed by atoms with Crippen molar-refractivity contribution in [3.05, 3.63) is 0 Å². The van der Waals surface area contributed by atoms with Crippen molar-refractivity contribution in [2.75, 3.05) is 19.8 Å². The van der Waals surface area contributed by atoms with Crippen LogP contribution in [-0.4, -0.2) is 120 Å². The van der Waals surface area contributed by atoms with Gasteiger partial charge in [-0.25, -0.2) is 0 Å². The van der Waals surface area contributed by atoms with Crippen molar-refractivity contribution >= 4 is 29.8 Å². The largest absolute Gasteiger partial charge is 0.456 e. The first-order chi connectivity index (χ1) is 17.8.